The Labute approximate surface area is 115 Å². The van der Waals surface area contributed by atoms with Crippen molar-refractivity contribution >= 4 is 27.5 Å². The van der Waals surface area contributed by atoms with Gasteiger partial charge in [0.25, 0.3) is 5.22 Å². The van der Waals surface area contributed by atoms with Crippen molar-refractivity contribution in [1.82, 2.24) is 15.1 Å². The highest BCUT2D eigenvalue weighted by atomic mass is 32.2. The molecule has 0 N–H and O–H groups in total. The van der Waals surface area contributed by atoms with Gasteiger partial charge >= 0.3 is 0 Å². The number of nitrogens with zero attached hydrogens (tertiary/aromatic N) is 3. The fourth-order valence-corrected chi connectivity index (χ4v) is 4.35. The Morgan fingerprint density at radius 2 is 2.26 bits per heavy atom. The molecule has 0 bridgehead atoms. The highest BCUT2D eigenvalue weighted by molar-refractivity contribution is 7.99. The Kier molecular flexibility index (Phi) is 4.14. The average Bonchev–Trinajstić information content (AvgIpc) is 2.91. The van der Waals surface area contributed by atoms with Gasteiger partial charge in [-0.3, -0.25) is 4.79 Å². The van der Waals surface area contributed by atoms with Crippen LogP contribution in [0.3, 0.4) is 0 Å². The van der Waals surface area contributed by atoms with E-state index < -0.39 is 9.84 Å². The molecule has 1 atom stereocenters. The fourth-order valence-electron chi connectivity index (χ4n) is 1.85. The van der Waals surface area contributed by atoms with Crippen LogP contribution >= 0.6 is 11.8 Å². The Balaban J connectivity index is 1.86. The van der Waals surface area contributed by atoms with Crippen molar-refractivity contribution < 1.29 is 17.6 Å². The molecule has 1 amide bonds. The zero-order chi connectivity index (χ0) is 14.0. The minimum atomic E-state index is -2.98. The lowest BCUT2D eigenvalue weighted by atomic mass is 10.2. The summed E-state index contributed by atoms with van der Waals surface area (Å²) in [5.74, 6) is 0.688. The largest absolute Gasteiger partial charge is 0.416 e. The van der Waals surface area contributed by atoms with E-state index in [0.717, 1.165) is 11.8 Å². The lowest BCUT2D eigenvalue weighted by molar-refractivity contribution is -0.128. The SMILES string of the molecule is Cc1nnc(SCC(=O)N(C)C2CCS(=O)(=O)C2)o1. The number of carbonyl (C=O) groups is 1. The van der Waals surface area contributed by atoms with Crippen LogP contribution in [0.25, 0.3) is 0 Å². The Morgan fingerprint density at radius 1 is 1.53 bits per heavy atom. The van der Waals surface area contributed by atoms with Crippen molar-refractivity contribution in [3.05, 3.63) is 5.89 Å². The second kappa shape index (κ2) is 5.49. The molecular weight excluding hydrogens is 290 g/mol. The molecule has 1 saturated heterocycles. The summed E-state index contributed by atoms with van der Waals surface area (Å²) < 4.78 is 27.9. The molecule has 1 aromatic heterocycles. The normalized spacial score (nSPS) is 21.5. The Hall–Kier alpha value is -1.09. The van der Waals surface area contributed by atoms with E-state index in [0.29, 0.717) is 17.5 Å². The van der Waals surface area contributed by atoms with Crippen LogP contribution in [0.1, 0.15) is 12.3 Å². The summed E-state index contributed by atoms with van der Waals surface area (Å²) in [6.45, 7) is 1.67. The Morgan fingerprint density at radius 3 is 2.79 bits per heavy atom. The molecule has 2 heterocycles. The molecule has 2 rings (SSSR count). The van der Waals surface area contributed by atoms with Crippen LogP contribution in [0.4, 0.5) is 0 Å². The first kappa shape index (κ1) is 14.3. The van der Waals surface area contributed by atoms with E-state index in [-0.39, 0.29) is 29.2 Å². The summed E-state index contributed by atoms with van der Waals surface area (Å²) in [6, 6.07) is -0.220. The number of thioether (sulfide) groups is 1. The van der Waals surface area contributed by atoms with Gasteiger partial charge in [0.15, 0.2) is 9.84 Å². The van der Waals surface area contributed by atoms with E-state index in [9.17, 15) is 13.2 Å². The molecule has 0 aromatic carbocycles. The molecule has 1 aliphatic rings. The summed E-state index contributed by atoms with van der Waals surface area (Å²) in [6.07, 6.45) is 0.509. The highest BCUT2D eigenvalue weighted by Crippen LogP contribution is 2.20. The molecule has 1 aromatic rings. The van der Waals surface area contributed by atoms with Gasteiger partial charge in [0.1, 0.15) is 0 Å². The van der Waals surface area contributed by atoms with Crippen molar-refractivity contribution in [3.63, 3.8) is 0 Å². The summed E-state index contributed by atoms with van der Waals surface area (Å²) in [4.78, 5) is 13.4. The molecule has 106 valence electrons. The summed E-state index contributed by atoms with van der Waals surface area (Å²) >= 11 is 1.16. The standard InChI is InChI=1S/C10H15N3O4S2/c1-7-11-12-10(17-7)18-5-9(14)13(2)8-3-4-19(15,16)6-8/h8H,3-6H2,1-2H3. The first-order chi connectivity index (χ1) is 8.87. The predicted octanol–water partition coefficient (Wildman–Crippen LogP) is 0.116. The molecule has 0 aliphatic carbocycles. The average molecular weight is 305 g/mol. The zero-order valence-corrected chi connectivity index (χ0v) is 12.3. The second-order valence-electron chi connectivity index (χ2n) is 4.44. The van der Waals surface area contributed by atoms with E-state index in [4.69, 9.17) is 4.42 Å². The summed E-state index contributed by atoms with van der Waals surface area (Å²) in [5.41, 5.74) is 0. The number of hydrogen-bond donors (Lipinski definition) is 0. The first-order valence-electron chi connectivity index (χ1n) is 5.76. The number of amides is 1. The summed E-state index contributed by atoms with van der Waals surface area (Å²) in [5, 5.41) is 7.79. The van der Waals surface area contributed by atoms with Crippen LogP contribution in [-0.4, -0.2) is 59.8 Å². The molecule has 1 fully saturated rings. The monoisotopic (exact) mass is 305 g/mol. The van der Waals surface area contributed by atoms with Crippen molar-refractivity contribution in [1.29, 1.82) is 0 Å². The second-order valence-corrected chi connectivity index (χ2v) is 7.59. The number of aryl methyl sites for hydroxylation is 1. The van der Waals surface area contributed by atoms with E-state index in [1.165, 1.54) is 4.90 Å². The van der Waals surface area contributed by atoms with Crippen LogP contribution in [0.5, 0.6) is 0 Å². The van der Waals surface area contributed by atoms with Crippen LogP contribution in [0.15, 0.2) is 9.64 Å². The summed E-state index contributed by atoms with van der Waals surface area (Å²) in [7, 11) is -1.35. The maximum absolute atomic E-state index is 11.9. The van der Waals surface area contributed by atoms with Crippen LogP contribution < -0.4 is 0 Å². The van der Waals surface area contributed by atoms with E-state index in [2.05, 4.69) is 10.2 Å². The molecule has 7 nitrogen and oxygen atoms in total. The van der Waals surface area contributed by atoms with Crippen LogP contribution in [-0.2, 0) is 14.6 Å². The van der Waals surface area contributed by atoms with Gasteiger partial charge in [0.2, 0.25) is 11.8 Å². The van der Waals surface area contributed by atoms with Crippen molar-refractivity contribution in [2.75, 3.05) is 24.3 Å². The number of carbonyl (C=O) groups excluding carboxylic acids is 1. The third-order valence-corrected chi connectivity index (χ3v) is 5.53. The zero-order valence-electron chi connectivity index (χ0n) is 10.7. The first-order valence-corrected chi connectivity index (χ1v) is 8.57. The molecule has 0 radical (unpaired) electrons. The minimum absolute atomic E-state index is 0.0551. The molecule has 1 unspecified atom stereocenters. The van der Waals surface area contributed by atoms with E-state index >= 15 is 0 Å². The Bertz CT molecular complexity index is 569. The van der Waals surface area contributed by atoms with Crippen LogP contribution in [0, 0.1) is 6.92 Å². The lowest BCUT2D eigenvalue weighted by Gasteiger charge is -2.22. The number of sulfone groups is 1. The smallest absolute Gasteiger partial charge is 0.277 e. The molecule has 19 heavy (non-hydrogen) atoms. The molecule has 0 spiro atoms. The molecule has 0 saturated carbocycles. The minimum Gasteiger partial charge on any atom is -0.416 e. The predicted molar refractivity (Wildman–Crippen MR) is 69.6 cm³/mol. The van der Waals surface area contributed by atoms with Gasteiger partial charge in [-0.25, -0.2) is 8.42 Å². The van der Waals surface area contributed by atoms with Gasteiger partial charge in [-0.15, -0.1) is 10.2 Å². The third-order valence-electron chi connectivity index (χ3n) is 2.98. The van der Waals surface area contributed by atoms with Gasteiger partial charge in [-0.1, -0.05) is 11.8 Å². The topological polar surface area (TPSA) is 93.4 Å². The third kappa shape index (κ3) is 3.69. The molecule has 9 heteroatoms. The fraction of sp³-hybridized carbons (Fsp3) is 0.700. The lowest BCUT2D eigenvalue weighted by Crippen LogP contribution is -2.38. The van der Waals surface area contributed by atoms with Crippen molar-refractivity contribution in [2.45, 2.75) is 24.6 Å². The maximum Gasteiger partial charge on any atom is 0.277 e. The van der Waals surface area contributed by atoms with E-state index in [1.54, 1.807) is 14.0 Å². The van der Waals surface area contributed by atoms with Crippen molar-refractivity contribution in [3.8, 4) is 0 Å². The van der Waals surface area contributed by atoms with Gasteiger partial charge in [-0.2, -0.15) is 0 Å². The van der Waals surface area contributed by atoms with Gasteiger partial charge in [0, 0.05) is 20.0 Å². The number of hydrogen-bond acceptors (Lipinski definition) is 7. The van der Waals surface area contributed by atoms with E-state index in [1.807, 2.05) is 0 Å². The molecular formula is C10H15N3O4S2. The maximum atomic E-state index is 11.9. The van der Waals surface area contributed by atoms with Gasteiger partial charge in [-0.05, 0) is 6.42 Å². The number of aromatic nitrogens is 2. The van der Waals surface area contributed by atoms with Crippen LogP contribution in [0.2, 0.25) is 0 Å². The van der Waals surface area contributed by atoms with Gasteiger partial charge in [0.05, 0.1) is 17.3 Å². The highest BCUT2D eigenvalue weighted by Gasteiger charge is 2.32. The van der Waals surface area contributed by atoms with Crippen molar-refractivity contribution in [2.24, 2.45) is 0 Å². The quantitative estimate of drug-likeness (QED) is 0.729. The number of rotatable bonds is 4. The molecule has 1 aliphatic heterocycles. The van der Waals surface area contributed by atoms with Gasteiger partial charge < -0.3 is 9.32 Å².